The van der Waals surface area contributed by atoms with Crippen molar-refractivity contribution in [2.24, 2.45) is 11.8 Å². The summed E-state index contributed by atoms with van der Waals surface area (Å²) in [5.74, 6) is -4.45. The number of hydrogen-bond donors (Lipinski definition) is 2. The zero-order valence-corrected chi connectivity index (χ0v) is 29.8. The third-order valence-electron chi connectivity index (χ3n) is 9.60. The Labute approximate surface area is 294 Å². The molecule has 0 radical (unpaired) electrons. The van der Waals surface area contributed by atoms with Crippen LogP contribution < -0.4 is 9.99 Å². The molecule has 5 rings (SSSR count). The summed E-state index contributed by atoms with van der Waals surface area (Å²) in [6.45, 7) is 6.19. The van der Waals surface area contributed by atoms with Crippen LogP contribution in [0.4, 0.5) is 28.9 Å². The number of benzene rings is 3. The predicted octanol–water partition coefficient (Wildman–Crippen LogP) is 8.74. The molecule has 9 nitrogen and oxygen atoms in total. The molecule has 51 heavy (non-hydrogen) atoms. The van der Waals surface area contributed by atoms with Crippen LogP contribution in [0.15, 0.2) is 60.7 Å². The molecule has 1 saturated heterocycles. The van der Waals surface area contributed by atoms with E-state index in [1.807, 2.05) is 0 Å². The summed E-state index contributed by atoms with van der Waals surface area (Å²) in [5, 5.41) is 2.61. The number of halogens is 4. The number of aryl methyl sites for hydroxylation is 2. The predicted molar refractivity (Wildman–Crippen MR) is 184 cm³/mol. The molecule has 14 heteroatoms. The zero-order valence-electron chi connectivity index (χ0n) is 28.9. The van der Waals surface area contributed by atoms with Crippen LogP contribution in [0.5, 0.6) is 0 Å². The number of carbonyl (C=O) groups is 3. The lowest BCUT2D eigenvalue weighted by molar-refractivity contribution is -0.139. The Morgan fingerprint density at radius 3 is 2.24 bits per heavy atom. The minimum atomic E-state index is -4.66. The number of piperidine rings is 1. The number of alkyl halides is 3. The van der Waals surface area contributed by atoms with Crippen LogP contribution in [0.25, 0.3) is 0 Å². The van der Waals surface area contributed by atoms with Crippen LogP contribution in [-0.4, -0.2) is 40.2 Å². The van der Waals surface area contributed by atoms with E-state index in [0.717, 1.165) is 18.9 Å². The molecule has 2 N–H and O–H groups in total. The lowest BCUT2D eigenvalue weighted by Crippen LogP contribution is -2.46. The average Bonchev–Trinajstić information content (AvgIpc) is 3.59. The molecule has 0 spiro atoms. The minimum Gasteiger partial charge on any atom is -0.375 e. The van der Waals surface area contributed by atoms with Crippen LogP contribution >= 0.6 is 7.75 Å². The van der Waals surface area contributed by atoms with Crippen molar-refractivity contribution in [2.75, 3.05) is 16.5 Å². The Bertz CT molecular complexity index is 1810. The van der Waals surface area contributed by atoms with Gasteiger partial charge in [0.2, 0.25) is 5.91 Å². The summed E-state index contributed by atoms with van der Waals surface area (Å²) in [4.78, 5) is 52.9. The first-order chi connectivity index (χ1) is 24.0. The normalized spacial score (nSPS) is 19.5. The first-order valence-electron chi connectivity index (χ1n) is 17.0. The van der Waals surface area contributed by atoms with Gasteiger partial charge in [-0.3, -0.25) is 23.9 Å². The largest absolute Gasteiger partial charge is 0.488 e. The van der Waals surface area contributed by atoms with Gasteiger partial charge in [0.1, 0.15) is 5.82 Å². The number of carbonyl (C=O) groups excluding carboxylic acids is 3. The minimum absolute atomic E-state index is 0.00814. The van der Waals surface area contributed by atoms with Crippen molar-refractivity contribution in [3.63, 3.8) is 0 Å². The number of amides is 2. The zero-order chi connectivity index (χ0) is 37.2. The van der Waals surface area contributed by atoms with E-state index in [2.05, 4.69) is 5.32 Å². The Balaban J connectivity index is 1.54. The molecule has 3 aromatic rings. The van der Waals surface area contributed by atoms with Gasteiger partial charge in [0.25, 0.3) is 5.91 Å². The van der Waals surface area contributed by atoms with E-state index in [9.17, 15) is 37.0 Å². The van der Waals surface area contributed by atoms with Crippen molar-refractivity contribution < 1.29 is 45.9 Å². The second kappa shape index (κ2) is 15.2. The van der Waals surface area contributed by atoms with Gasteiger partial charge in [-0.25, -0.2) is 8.96 Å². The van der Waals surface area contributed by atoms with Crippen molar-refractivity contribution in [1.82, 2.24) is 4.90 Å². The van der Waals surface area contributed by atoms with Crippen molar-refractivity contribution in [2.45, 2.75) is 84.5 Å². The van der Waals surface area contributed by atoms with Gasteiger partial charge >= 0.3 is 19.9 Å². The third-order valence-corrected chi connectivity index (χ3v) is 11.1. The maximum absolute atomic E-state index is 15.1. The smallest absolute Gasteiger partial charge is 0.375 e. The second-order valence-corrected chi connectivity index (χ2v) is 15.2. The maximum Gasteiger partial charge on any atom is 0.488 e. The number of rotatable bonds is 9. The monoisotopic (exact) mass is 731 g/mol. The molecule has 0 bridgehead atoms. The van der Waals surface area contributed by atoms with Crippen molar-refractivity contribution in [3.8, 4) is 0 Å². The Morgan fingerprint density at radius 2 is 1.63 bits per heavy atom. The fraction of sp³-hybridized carbons (Fsp3) is 0.432. The van der Waals surface area contributed by atoms with Crippen molar-refractivity contribution >= 4 is 36.9 Å². The molecule has 0 aromatic heterocycles. The van der Waals surface area contributed by atoms with Crippen LogP contribution in [-0.2, 0) is 24.9 Å². The molecule has 1 aliphatic carbocycles. The Hall–Kier alpha value is -4.22. The van der Waals surface area contributed by atoms with Gasteiger partial charge < -0.3 is 14.7 Å². The van der Waals surface area contributed by atoms with Crippen LogP contribution in [0.2, 0.25) is 0 Å². The van der Waals surface area contributed by atoms with Crippen LogP contribution in [0.3, 0.4) is 0 Å². The molecule has 2 fully saturated rings. The highest BCUT2D eigenvalue weighted by Gasteiger charge is 2.43. The molecular formula is C37H42F4N3O6P. The highest BCUT2D eigenvalue weighted by Crippen LogP contribution is 2.53. The topological polar surface area (TPSA) is 116 Å². The number of nitrogens with zero attached hydrogens (tertiary/aromatic N) is 2. The fourth-order valence-electron chi connectivity index (χ4n) is 7.00. The number of anilines is 2. The van der Waals surface area contributed by atoms with E-state index in [1.165, 1.54) is 40.8 Å². The molecule has 1 saturated carbocycles. The highest BCUT2D eigenvalue weighted by atomic mass is 31.2. The summed E-state index contributed by atoms with van der Waals surface area (Å²) in [6.07, 6.45) is -1.20. The molecule has 3 aromatic carbocycles. The molecule has 2 aliphatic rings. The van der Waals surface area contributed by atoms with Crippen LogP contribution in [0.1, 0.15) is 91.0 Å². The van der Waals surface area contributed by atoms with E-state index in [0.29, 0.717) is 30.4 Å². The second-order valence-electron chi connectivity index (χ2n) is 13.6. The quantitative estimate of drug-likeness (QED) is 0.167. The molecule has 1 heterocycles. The first kappa shape index (κ1) is 38.0. The van der Waals surface area contributed by atoms with E-state index < -0.39 is 67.0 Å². The first-order valence-corrected chi connectivity index (χ1v) is 18.5. The van der Waals surface area contributed by atoms with Gasteiger partial charge in [-0.15, -0.1) is 0 Å². The van der Waals surface area contributed by atoms with Gasteiger partial charge in [-0.2, -0.15) is 13.2 Å². The van der Waals surface area contributed by atoms with Gasteiger partial charge in [0, 0.05) is 24.0 Å². The number of nitrogens with one attached hydrogen (secondary N) is 1. The van der Waals surface area contributed by atoms with E-state index >= 15 is 4.39 Å². The van der Waals surface area contributed by atoms with Gasteiger partial charge in [0.05, 0.1) is 29.0 Å². The maximum atomic E-state index is 15.1. The fourth-order valence-corrected chi connectivity index (χ4v) is 8.60. The van der Waals surface area contributed by atoms with Gasteiger partial charge in [0.15, 0.2) is 0 Å². The lowest BCUT2D eigenvalue weighted by atomic mass is 9.83. The average molecular weight is 732 g/mol. The summed E-state index contributed by atoms with van der Waals surface area (Å²) in [7, 11) is -4.66. The summed E-state index contributed by atoms with van der Waals surface area (Å²) >= 11 is 0. The summed E-state index contributed by atoms with van der Waals surface area (Å²) < 4.78 is 76.1. The summed E-state index contributed by atoms with van der Waals surface area (Å²) in [5.41, 5.74) is -0.00870. The Kier molecular flexibility index (Phi) is 11.3. The molecule has 2 amide bonds. The van der Waals surface area contributed by atoms with Crippen LogP contribution in [0, 0.1) is 31.5 Å². The molecule has 3 atom stereocenters. The van der Waals surface area contributed by atoms with E-state index in [4.69, 9.17) is 4.52 Å². The molecule has 1 unspecified atom stereocenters. The van der Waals surface area contributed by atoms with Gasteiger partial charge in [-0.05, 0) is 86.6 Å². The Morgan fingerprint density at radius 1 is 0.961 bits per heavy atom. The third kappa shape index (κ3) is 8.31. The lowest BCUT2D eigenvalue weighted by Gasteiger charge is -2.41. The molecular weight excluding hydrogens is 689 g/mol. The van der Waals surface area contributed by atoms with Crippen molar-refractivity contribution in [3.05, 3.63) is 94.3 Å². The van der Waals surface area contributed by atoms with Gasteiger partial charge in [-0.1, -0.05) is 57.0 Å². The SMILES string of the molecule is Cc1ccc(NC(=O)[C@H]2CCCN(C(=O)c3c(C)cccc3F)[C@H]2c2ccc(N(C3CCCC3)P(=O)(O)OC(=O)C(C)C)cc2)cc1C(F)(F)F. The summed E-state index contributed by atoms with van der Waals surface area (Å²) in [6, 6.07) is 12.7. The molecule has 1 aliphatic heterocycles. The van der Waals surface area contributed by atoms with E-state index in [-0.39, 0.29) is 35.5 Å². The number of hydrogen-bond acceptors (Lipinski definition) is 5. The van der Waals surface area contributed by atoms with E-state index in [1.54, 1.807) is 51.1 Å². The molecule has 274 valence electrons. The standard InChI is InChI=1S/C37H42F4N3O6P/c1-22(2)36(47)50-51(48,49)44(27-10-5-6-11-27)28-18-15-25(16-19-28)33-29(34(45)42-26-17-14-23(3)30(21-26)37(39,40)41)12-8-20-43(33)35(46)32-24(4)9-7-13-31(32)38/h7,9,13-19,21-22,27,29,33H,5-6,8,10-12,20H2,1-4H3,(H,42,45)(H,48,49)/t29-,33-/m0/s1. The van der Waals surface area contributed by atoms with Crippen molar-refractivity contribution in [1.29, 1.82) is 0 Å². The highest BCUT2D eigenvalue weighted by molar-refractivity contribution is 7.55. The number of likely N-dealkylation sites (tertiary alicyclic amines) is 1.